The standard InChI is InChI=1S/C11H11BN4O7S/c12-22-6-13-2-7-1-8(10-3-14-5-21-10)9-4-15(7)11(17)16(9)23-24(18,19)20/h1,3,5-7,9H,2,4H2,(H,18,19,20)/t7-,9-/m0/s1. The highest BCUT2D eigenvalue weighted by Gasteiger charge is 2.49. The lowest BCUT2D eigenvalue weighted by Gasteiger charge is -2.27. The van der Waals surface area contributed by atoms with E-state index in [9.17, 15) is 13.2 Å². The number of oxazole rings is 1. The first-order valence-corrected chi connectivity index (χ1v) is 7.98. The number of rotatable bonds is 6. The maximum absolute atomic E-state index is 12.4. The number of nitrogens with zero attached hydrogens (tertiary/aromatic N) is 4. The van der Waals surface area contributed by atoms with Crippen molar-refractivity contribution in [2.24, 2.45) is 4.99 Å². The molecular weight excluding hydrogens is 343 g/mol. The topological polar surface area (TPSA) is 135 Å². The first kappa shape index (κ1) is 16.5. The molecule has 126 valence electrons. The second-order valence-electron chi connectivity index (χ2n) is 4.94. The van der Waals surface area contributed by atoms with Crippen molar-refractivity contribution in [2.75, 3.05) is 13.1 Å². The van der Waals surface area contributed by atoms with E-state index in [0.717, 1.165) is 6.40 Å². The fraction of sp³-hybridized carbons (Fsp3) is 0.364. The van der Waals surface area contributed by atoms with Crippen LogP contribution in [0.15, 0.2) is 28.1 Å². The highest BCUT2D eigenvalue weighted by atomic mass is 32.3. The predicted octanol–water partition coefficient (Wildman–Crippen LogP) is -0.591. The molecule has 1 aromatic rings. The van der Waals surface area contributed by atoms with Crippen LogP contribution >= 0.6 is 0 Å². The molecule has 2 bridgehead atoms. The van der Waals surface area contributed by atoms with E-state index in [0.29, 0.717) is 16.4 Å². The fourth-order valence-corrected chi connectivity index (χ4v) is 3.01. The minimum absolute atomic E-state index is 0.116. The van der Waals surface area contributed by atoms with Crippen molar-refractivity contribution >= 4 is 36.5 Å². The molecule has 2 radical (unpaired) electrons. The van der Waals surface area contributed by atoms with Crippen LogP contribution in [0.1, 0.15) is 5.76 Å². The Balaban J connectivity index is 1.95. The van der Waals surface area contributed by atoms with E-state index in [4.69, 9.17) is 17.0 Å². The minimum Gasteiger partial charge on any atom is -0.560 e. The number of hydroxylamine groups is 2. The van der Waals surface area contributed by atoms with E-state index >= 15 is 0 Å². The third-order valence-electron chi connectivity index (χ3n) is 3.54. The Labute approximate surface area is 137 Å². The number of amides is 2. The van der Waals surface area contributed by atoms with Crippen LogP contribution < -0.4 is 0 Å². The van der Waals surface area contributed by atoms with Crippen LogP contribution in [0.5, 0.6) is 0 Å². The summed E-state index contributed by atoms with van der Waals surface area (Å²) in [7, 11) is -0.0194. The van der Waals surface area contributed by atoms with Crippen molar-refractivity contribution in [1.29, 1.82) is 0 Å². The highest BCUT2D eigenvalue weighted by molar-refractivity contribution is 7.80. The lowest BCUT2D eigenvalue weighted by molar-refractivity contribution is -0.0165. The first-order valence-electron chi connectivity index (χ1n) is 6.62. The van der Waals surface area contributed by atoms with Gasteiger partial charge in [0.2, 0.25) is 0 Å². The summed E-state index contributed by atoms with van der Waals surface area (Å²) in [6.07, 6.45) is 5.30. The normalized spacial score (nSPS) is 23.9. The average Bonchev–Trinajstić information content (AvgIpc) is 3.12. The van der Waals surface area contributed by atoms with E-state index in [1.807, 2.05) is 0 Å². The molecule has 2 atom stereocenters. The molecule has 13 heteroatoms. The molecule has 1 N–H and O–H groups in total. The molecule has 24 heavy (non-hydrogen) atoms. The van der Waals surface area contributed by atoms with E-state index in [-0.39, 0.29) is 13.1 Å². The molecule has 3 heterocycles. The molecule has 1 fully saturated rings. The van der Waals surface area contributed by atoms with Crippen LogP contribution in [0.4, 0.5) is 4.79 Å². The summed E-state index contributed by atoms with van der Waals surface area (Å²) in [5.41, 5.74) is 0.479. The molecule has 2 aliphatic heterocycles. The van der Waals surface area contributed by atoms with Gasteiger partial charge in [0.1, 0.15) is 12.4 Å². The zero-order chi connectivity index (χ0) is 17.3. The number of hydrogen-bond donors (Lipinski definition) is 1. The number of aromatic nitrogens is 1. The highest BCUT2D eigenvalue weighted by Crippen LogP contribution is 2.35. The van der Waals surface area contributed by atoms with Gasteiger partial charge in [-0.3, -0.25) is 9.55 Å². The van der Waals surface area contributed by atoms with Gasteiger partial charge in [-0.25, -0.2) is 9.78 Å². The third-order valence-corrected chi connectivity index (χ3v) is 3.89. The quantitative estimate of drug-likeness (QED) is 0.310. The van der Waals surface area contributed by atoms with E-state index in [2.05, 4.69) is 18.9 Å². The van der Waals surface area contributed by atoms with Gasteiger partial charge in [-0.1, -0.05) is 6.08 Å². The molecular formula is C11H11BN4O7S. The van der Waals surface area contributed by atoms with Gasteiger partial charge in [0.05, 0.1) is 25.3 Å². The van der Waals surface area contributed by atoms with Crippen LogP contribution in [0, 0.1) is 0 Å². The summed E-state index contributed by atoms with van der Waals surface area (Å²) in [5.74, 6) is 0.336. The van der Waals surface area contributed by atoms with Crippen LogP contribution in [-0.4, -0.2) is 73.6 Å². The maximum atomic E-state index is 12.4. The molecule has 0 aliphatic carbocycles. The van der Waals surface area contributed by atoms with Crippen molar-refractivity contribution in [3.63, 3.8) is 0 Å². The third kappa shape index (κ3) is 3.13. The smallest absolute Gasteiger partial charge is 0.418 e. The predicted molar refractivity (Wildman–Crippen MR) is 78.8 cm³/mol. The Morgan fingerprint density at radius 3 is 3.00 bits per heavy atom. The summed E-state index contributed by atoms with van der Waals surface area (Å²) in [6.45, 7) is 0.234. The SMILES string of the molecule is [B]OC=NC[C@@H]1C=C(c2cnco2)[C@@H]2CN1C(=O)N2OS(=O)(=O)O. The van der Waals surface area contributed by atoms with Crippen molar-refractivity contribution in [3.8, 4) is 0 Å². The molecule has 2 amide bonds. The zero-order valence-electron chi connectivity index (χ0n) is 12.0. The summed E-state index contributed by atoms with van der Waals surface area (Å²) in [4.78, 5) is 21.4. The summed E-state index contributed by atoms with van der Waals surface area (Å²) < 4.78 is 44.8. The largest absolute Gasteiger partial charge is 0.560 e. The summed E-state index contributed by atoms with van der Waals surface area (Å²) >= 11 is 0. The maximum Gasteiger partial charge on any atom is 0.418 e. The van der Waals surface area contributed by atoms with Crippen LogP contribution in [0.2, 0.25) is 0 Å². The van der Waals surface area contributed by atoms with Gasteiger partial charge in [0.25, 0.3) is 0 Å². The van der Waals surface area contributed by atoms with Gasteiger partial charge in [-0.15, -0.1) is 4.28 Å². The fourth-order valence-electron chi connectivity index (χ4n) is 2.64. The Morgan fingerprint density at radius 2 is 2.38 bits per heavy atom. The van der Waals surface area contributed by atoms with Gasteiger partial charge < -0.3 is 14.0 Å². The lowest BCUT2D eigenvalue weighted by Crippen LogP contribution is -2.40. The van der Waals surface area contributed by atoms with Gasteiger partial charge in [-0.2, -0.15) is 13.5 Å². The Bertz CT molecular complexity index is 778. The lowest BCUT2D eigenvalue weighted by atomic mass is 9.98. The molecule has 0 unspecified atom stereocenters. The van der Waals surface area contributed by atoms with Crippen LogP contribution in [-0.2, 0) is 19.3 Å². The van der Waals surface area contributed by atoms with Gasteiger partial charge in [0.15, 0.2) is 12.2 Å². The van der Waals surface area contributed by atoms with Crippen molar-refractivity contribution in [1.82, 2.24) is 14.9 Å². The van der Waals surface area contributed by atoms with Crippen LogP contribution in [0.25, 0.3) is 5.57 Å². The molecule has 1 saturated heterocycles. The number of fused-ring (bicyclic) bond motifs is 2. The molecule has 1 aromatic heterocycles. The average molecular weight is 354 g/mol. The number of aliphatic imine (C=N–C) groups is 1. The van der Waals surface area contributed by atoms with Crippen molar-refractivity contribution < 1.29 is 31.1 Å². The molecule has 0 aromatic carbocycles. The van der Waals surface area contributed by atoms with E-state index in [1.54, 1.807) is 6.08 Å². The van der Waals surface area contributed by atoms with E-state index in [1.165, 1.54) is 17.5 Å². The molecule has 3 rings (SSSR count). The van der Waals surface area contributed by atoms with Crippen molar-refractivity contribution in [3.05, 3.63) is 24.4 Å². The summed E-state index contributed by atoms with van der Waals surface area (Å²) in [5, 5.41) is 0.576. The van der Waals surface area contributed by atoms with Crippen LogP contribution in [0.3, 0.4) is 0 Å². The Morgan fingerprint density at radius 1 is 1.58 bits per heavy atom. The number of carbonyl (C=O) groups is 1. The number of carbonyl (C=O) groups excluding carboxylic acids is 1. The van der Waals surface area contributed by atoms with E-state index < -0.39 is 28.5 Å². The van der Waals surface area contributed by atoms with Crippen molar-refractivity contribution in [2.45, 2.75) is 12.1 Å². The first-order chi connectivity index (χ1) is 11.4. The zero-order valence-corrected chi connectivity index (χ0v) is 12.9. The number of hydrogen-bond acceptors (Lipinski definition) is 8. The van der Waals surface area contributed by atoms with Gasteiger partial charge in [-0.05, 0) is 0 Å². The molecule has 0 saturated carbocycles. The monoisotopic (exact) mass is 354 g/mol. The van der Waals surface area contributed by atoms with Gasteiger partial charge >= 0.3 is 24.5 Å². The molecule has 11 nitrogen and oxygen atoms in total. The minimum atomic E-state index is -4.87. The van der Waals surface area contributed by atoms with Gasteiger partial charge in [0, 0.05) is 5.57 Å². The second kappa shape index (κ2) is 6.26. The second-order valence-corrected chi connectivity index (χ2v) is 5.95. The Hall–Kier alpha value is -2.38. The number of urea groups is 1. The Kier molecular flexibility index (Phi) is 4.30. The molecule has 0 spiro atoms. The summed E-state index contributed by atoms with van der Waals surface area (Å²) in [6, 6.07) is -2.05. The molecule has 2 aliphatic rings.